The number of Topliss-reactive ketones (excluding diaryl/α,β-unsaturated/α-hetero) is 1. The van der Waals surface area contributed by atoms with Crippen LogP contribution < -0.4 is 0 Å². The van der Waals surface area contributed by atoms with Crippen molar-refractivity contribution in [2.45, 2.75) is 52.7 Å². The summed E-state index contributed by atoms with van der Waals surface area (Å²) in [5, 5.41) is 0. The second-order valence-electron chi connectivity index (χ2n) is 6.01. The van der Waals surface area contributed by atoms with Gasteiger partial charge in [-0.25, -0.2) is 4.79 Å². The standard InChI is InChI=1S/C14H22O6/c1-6-13(2,3)11(16)20-14(4,5)12(17)19-10-8-18-7-9(10)15/h10H,6-8H2,1-5H3. The Morgan fingerprint density at radius 1 is 1.25 bits per heavy atom. The van der Waals surface area contributed by atoms with Gasteiger partial charge in [-0.05, 0) is 34.1 Å². The molecule has 1 atom stereocenters. The van der Waals surface area contributed by atoms with Crippen molar-refractivity contribution in [1.29, 1.82) is 0 Å². The maximum atomic E-state index is 12.0. The Bertz CT molecular complexity index is 410. The molecule has 6 nitrogen and oxygen atoms in total. The lowest BCUT2D eigenvalue weighted by Crippen LogP contribution is -2.44. The van der Waals surface area contributed by atoms with E-state index in [9.17, 15) is 14.4 Å². The monoisotopic (exact) mass is 286 g/mol. The lowest BCUT2D eigenvalue weighted by atomic mass is 9.90. The molecule has 1 rings (SSSR count). The number of ether oxygens (including phenoxy) is 3. The zero-order valence-electron chi connectivity index (χ0n) is 12.6. The average molecular weight is 286 g/mol. The van der Waals surface area contributed by atoms with Crippen LogP contribution >= 0.6 is 0 Å². The molecule has 0 radical (unpaired) electrons. The zero-order chi connectivity index (χ0) is 15.6. The lowest BCUT2D eigenvalue weighted by Gasteiger charge is -2.29. The van der Waals surface area contributed by atoms with Gasteiger partial charge in [0.15, 0.2) is 6.10 Å². The summed E-state index contributed by atoms with van der Waals surface area (Å²) in [6.07, 6.45) is -0.314. The SMILES string of the molecule is CCC(C)(C)C(=O)OC(C)(C)C(=O)OC1COCC1=O. The van der Waals surface area contributed by atoms with E-state index in [2.05, 4.69) is 0 Å². The molecule has 0 amide bonds. The van der Waals surface area contributed by atoms with Crippen LogP contribution in [0.1, 0.15) is 41.0 Å². The maximum absolute atomic E-state index is 12.0. The van der Waals surface area contributed by atoms with Crippen molar-refractivity contribution in [3.8, 4) is 0 Å². The van der Waals surface area contributed by atoms with Gasteiger partial charge in [0.2, 0.25) is 11.4 Å². The molecule has 114 valence electrons. The summed E-state index contributed by atoms with van der Waals surface area (Å²) in [7, 11) is 0. The fraction of sp³-hybridized carbons (Fsp3) is 0.786. The van der Waals surface area contributed by atoms with Gasteiger partial charge in [0, 0.05) is 0 Å². The number of hydrogen-bond donors (Lipinski definition) is 0. The second-order valence-corrected chi connectivity index (χ2v) is 6.01. The van der Waals surface area contributed by atoms with Gasteiger partial charge in [0.05, 0.1) is 12.0 Å². The summed E-state index contributed by atoms with van der Waals surface area (Å²) < 4.78 is 15.2. The van der Waals surface area contributed by atoms with Crippen LogP contribution in [0.4, 0.5) is 0 Å². The quantitative estimate of drug-likeness (QED) is 0.708. The molecule has 1 heterocycles. The van der Waals surface area contributed by atoms with E-state index in [1.165, 1.54) is 13.8 Å². The molecule has 0 saturated carbocycles. The van der Waals surface area contributed by atoms with Gasteiger partial charge >= 0.3 is 11.9 Å². The van der Waals surface area contributed by atoms with E-state index in [1.807, 2.05) is 6.92 Å². The van der Waals surface area contributed by atoms with E-state index >= 15 is 0 Å². The minimum atomic E-state index is -1.44. The zero-order valence-corrected chi connectivity index (χ0v) is 12.6. The summed E-state index contributed by atoms with van der Waals surface area (Å²) in [5.41, 5.74) is -2.11. The minimum Gasteiger partial charge on any atom is -0.449 e. The van der Waals surface area contributed by atoms with Crippen molar-refractivity contribution in [2.24, 2.45) is 5.41 Å². The molecule has 0 aromatic rings. The van der Waals surface area contributed by atoms with Crippen LogP contribution in [0, 0.1) is 5.41 Å². The largest absolute Gasteiger partial charge is 0.449 e. The van der Waals surface area contributed by atoms with Gasteiger partial charge in [0.25, 0.3) is 0 Å². The van der Waals surface area contributed by atoms with Gasteiger partial charge in [-0.3, -0.25) is 9.59 Å². The second kappa shape index (κ2) is 5.91. The number of esters is 2. The third-order valence-electron chi connectivity index (χ3n) is 3.40. The summed E-state index contributed by atoms with van der Waals surface area (Å²) in [6, 6.07) is 0. The third-order valence-corrected chi connectivity index (χ3v) is 3.40. The van der Waals surface area contributed by atoms with Crippen molar-refractivity contribution >= 4 is 17.7 Å². The fourth-order valence-electron chi connectivity index (χ4n) is 1.38. The summed E-state index contributed by atoms with van der Waals surface area (Å²) in [4.78, 5) is 35.4. The van der Waals surface area contributed by atoms with Crippen LogP contribution in [0.25, 0.3) is 0 Å². The van der Waals surface area contributed by atoms with Crippen LogP contribution in [0.5, 0.6) is 0 Å². The van der Waals surface area contributed by atoms with Crippen molar-refractivity contribution in [3.05, 3.63) is 0 Å². The molecule has 1 unspecified atom stereocenters. The molecule has 0 aliphatic carbocycles. The molecule has 1 saturated heterocycles. The van der Waals surface area contributed by atoms with Gasteiger partial charge in [-0.15, -0.1) is 0 Å². The molecule has 1 aliphatic heterocycles. The first-order valence-corrected chi connectivity index (χ1v) is 6.65. The highest BCUT2D eigenvalue weighted by atomic mass is 16.6. The first-order chi connectivity index (χ1) is 9.10. The van der Waals surface area contributed by atoms with E-state index in [4.69, 9.17) is 14.2 Å². The van der Waals surface area contributed by atoms with Gasteiger partial charge < -0.3 is 14.2 Å². The van der Waals surface area contributed by atoms with E-state index in [0.29, 0.717) is 6.42 Å². The van der Waals surface area contributed by atoms with Crippen LogP contribution in [0.3, 0.4) is 0 Å². The van der Waals surface area contributed by atoms with E-state index in [-0.39, 0.29) is 19.0 Å². The van der Waals surface area contributed by atoms with E-state index in [1.54, 1.807) is 13.8 Å². The molecular weight excluding hydrogens is 264 g/mol. The summed E-state index contributed by atoms with van der Waals surface area (Å²) >= 11 is 0. The van der Waals surface area contributed by atoms with Gasteiger partial charge in [0.1, 0.15) is 6.61 Å². The number of carbonyl (C=O) groups is 3. The maximum Gasteiger partial charge on any atom is 0.350 e. The Labute approximate surface area is 118 Å². The van der Waals surface area contributed by atoms with Crippen LogP contribution in [-0.2, 0) is 28.6 Å². The Balaban J connectivity index is 2.65. The molecule has 0 aromatic heterocycles. The molecule has 20 heavy (non-hydrogen) atoms. The van der Waals surface area contributed by atoms with Gasteiger partial charge in [-0.2, -0.15) is 0 Å². The predicted octanol–water partition coefficient (Wildman–Crippen LogP) is 1.26. The van der Waals surface area contributed by atoms with E-state index < -0.39 is 29.1 Å². The number of hydrogen-bond acceptors (Lipinski definition) is 6. The normalized spacial score (nSPS) is 19.9. The third kappa shape index (κ3) is 3.79. The molecule has 0 aromatic carbocycles. The van der Waals surface area contributed by atoms with Crippen LogP contribution in [-0.4, -0.2) is 42.6 Å². The van der Waals surface area contributed by atoms with Crippen LogP contribution in [0.15, 0.2) is 0 Å². The molecule has 0 spiro atoms. The molecule has 6 heteroatoms. The number of ketones is 1. The highest BCUT2D eigenvalue weighted by Crippen LogP contribution is 2.26. The van der Waals surface area contributed by atoms with Crippen molar-refractivity contribution in [3.63, 3.8) is 0 Å². The predicted molar refractivity (Wildman–Crippen MR) is 69.9 cm³/mol. The van der Waals surface area contributed by atoms with Crippen molar-refractivity contribution in [1.82, 2.24) is 0 Å². The Hall–Kier alpha value is -1.43. The highest BCUT2D eigenvalue weighted by molar-refractivity contribution is 5.90. The Morgan fingerprint density at radius 2 is 1.85 bits per heavy atom. The molecule has 0 N–H and O–H groups in total. The van der Waals surface area contributed by atoms with Crippen molar-refractivity contribution in [2.75, 3.05) is 13.2 Å². The summed E-state index contributed by atoms with van der Waals surface area (Å²) in [6.45, 7) is 8.23. The number of carbonyl (C=O) groups excluding carboxylic acids is 3. The van der Waals surface area contributed by atoms with Gasteiger partial charge in [-0.1, -0.05) is 6.92 Å². The molecular formula is C14H22O6. The Morgan fingerprint density at radius 3 is 2.30 bits per heavy atom. The molecule has 1 fully saturated rings. The highest BCUT2D eigenvalue weighted by Gasteiger charge is 2.41. The number of rotatable bonds is 5. The summed E-state index contributed by atoms with van der Waals surface area (Å²) in [5.74, 6) is -1.51. The fourth-order valence-corrected chi connectivity index (χ4v) is 1.38. The smallest absolute Gasteiger partial charge is 0.350 e. The molecule has 1 aliphatic rings. The van der Waals surface area contributed by atoms with Crippen molar-refractivity contribution < 1.29 is 28.6 Å². The topological polar surface area (TPSA) is 78.9 Å². The first kappa shape index (κ1) is 16.6. The Kier molecular flexibility index (Phi) is 4.91. The minimum absolute atomic E-state index is 0.0506. The lowest BCUT2D eigenvalue weighted by molar-refractivity contribution is -0.187. The average Bonchev–Trinajstić information content (AvgIpc) is 2.74. The first-order valence-electron chi connectivity index (χ1n) is 6.65. The van der Waals surface area contributed by atoms with Crippen LogP contribution in [0.2, 0.25) is 0 Å². The van der Waals surface area contributed by atoms with E-state index in [0.717, 1.165) is 0 Å². The molecule has 0 bridgehead atoms.